The number of hydrogen-bond donors (Lipinski definition) is 0. The Balaban J connectivity index is 2.47. The van der Waals surface area contributed by atoms with Crippen molar-refractivity contribution in [2.24, 2.45) is 0 Å². The molecule has 5 nitrogen and oxygen atoms in total. The summed E-state index contributed by atoms with van der Waals surface area (Å²) in [7, 11) is 0. The van der Waals surface area contributed by atoms with E-state index in [2.05, 4.69) is 0 Å². The Labute approximate surface area is 95.9 Å². The van der Waals surface area contributed by atoms with Gasteiger partial charge in [0, 0.05) is 0 Å². The molecule has 2 unspecified atom stereocenters. The summed E-state index contributed by atoms with van der Waals surface area (Å²) < 4.78 is 10.1. The monoisotopic (exact) mass is 232 g/mol. The topological polar surface area (TPSA) is 57.3 Å². The summed E-state index contributed by atoms with van der Waals surface area (Å²) in [6.45, 7) is 9.73. The van der Waals surface area contributed by atoms with Gasteiger partial charge in [-0.2, -0.15) is 0 Å². The molecule has 0 aromatic carbocycles. The van der Waals surface area contributed by atoms with Gasteiger partial charge in [0.1, 0.15) is 6.10 Å². The maximum absolute atomic E-state index is 11.6. The lowest BCUT2D eigenvalue weighted by Crippen LogP contribution is -2.40. The Kier molecular flexibility index (Phi) is 3.93. The van der Waals surface area contributed by atoms with E-state index in [9.17, 15) is 4.79 Å². The second-order valence-corrected chi connectivity index (χ2v) is 4.83. The molecule has 0 saturated carbocycles. The minimum absolute atomic E-state index is 0.320. The van der Waals surface area contributed by atoms with Crippen molar-refractivity contribution in [3.05, 3.63) is 0 Å². The minimum Gasteiger partial charge on any atom is -0.464 e. The first-order chi connectivity index (χ1) is 7.32. The molecule has 1 fully saturated rings. The van der Waals surface area contributed by atoms with Crippen molar-refractivity contribution in [2.75, 3.05) is 13.2 Å². The maximum Gasteiger partial charge on any atom is 0.343 e. The van der Waals surface area contributed by atoms with E-state index in [0.29, 0.717) is 13.2 Å². The average Bonchev–Trinajstić information content (AvgIpc) is 2.94. The molecule has 16 heavy (non-hydrogen) atoms. The van der Waals surface area contributed by atoms with E-state index in [1.807, 2.05) is 20.8 Å². The summed E-state index contributed by atoms with van der Waals surface area (Å²) in [5, 5.41) is 0. The van der Waals surface area contributed by atoms with Gasteiger partial charge in [-0.3, -0.25) is 0 Å². The van der Waals surface area contributed by atoms with Crippen molar-refractivity contribution < 1.29 is 24.0 Å². The first-order valence-corrected chi connectivity index (χ1v) is 5.47. The third-order valence-electron chi connectivity index (χ3n) is 2.18. The molecule has 0 spiro atoms. The van der Waals surface area contributed by atoms with Crippen LogP contribution in [-0.4, -0.2) is 36.5 Å². The average molecular weight is 232 g/mol. The predicted molar refractivity (Wildman–Crippen MR) is 56.7 cm³/mol. The highest BCUT2D eigenvalue weighted by Gasteiger charge is 2.59. The number of hydrogen-bond acceptors (Lipinski definition) is 5. The van der Waals surface area contributed by atoms with Crippen molar-refractivity contribution in [1.29, 1.82) is 0 Å². The smallest absolute Gasteiger partial charge is 0.343 e. The number of epoxide rings is 1. The van der Waals surface area contributed by atoms with E-state index in [0.717, 1.165) is 0 Å². The highest BCUT2D eigenvalue weighted by Crippen LogP contribution is 2.34. The number of carbonyl (C=O) groups is 1. The van der Waals surface area contributed by atoms with Crippen LogP contribution in [0.15, 0.2) is 0 Å². The fourth-order valence-electron chi connectivity index (χ4n) is 1.14. The van der Waals surface area contributed by atoms with Crippen molar-refractivity contribution >= 4 is 5.97 Å². The maximum atomic E-state index is 11.6. The van der Waals surface area contributed by atoms with Crippen LogP contribution in [0.5, 0.6) is 0 Å². The number of esters is 1. The molecule has 1 saturated heterocycles. The summed E-state index contributed by atoms with van der Waals surface area (Å²) in [4.78, 5) is 21.9. The van der Waals surface area contributed by atoms with E-state index in [4.69, 9.17) is 19.2 Å². The van der Waals surface area contributed by atoms with Crippen LogP contribution in [-0.2, 0) is 24.0 Å². The highest BCUT2D eigenvalue weighted by molar-refractivity contribution is 5.83. The van der Waals surface area contributed by atoms with Crippen molar-refractivity contribution in [3.63, 3.8) is 0 Å². The lowest BCUT2D eigenvalue weighted by atomic mass is 10.1. The molecule has 0 aromatic rings. The molecule has 0 aromatic heterocycles. The molecule has 1 heterocycles. The Bertz CT molecular complexity index is 252. The van der Waals surface area contributed by atoms with Gasteiger partial charge in [0.2, 0.25) is 5.60 Å². The van der Waals surface area contributed by atoms with Crippen molar-refractivity contribution in [2.45, 2.75) is 51.9 Å². The van der Waals surface area contributed by atoms with Gasteiger partial charge in [-0.25, -0.2) is 14.6 Å². The van der Waals surface area contributed by atoms with Crippen LogP contribution in [0, 0.1) is 0 Å². The summed E-state index contributed by atoms with van der Waals surface area (Å²) in [6, 6.07) is 0. The minimum atomic E-state index is -0.971. The highest BCUT2D eigenvalue weighted by atomic mass is 17.2. The number of rotatable bonds is 5. The standard InChI is InChI=1S/C11H20O5/c1-6-13-9(12)11(7-14-11)8(2)15-16-10(3,4)5/h8H,6-7H2,1-5H3. The van der Waals surface area contributed by atoms with Gasteiger partial charge in [-0.05, 0) is 34.6 Å². The largest absolute Gasteiger partial charge is 0.464 e. The predicted octanol–water partition coefficient (Wildman–Crippen LogP) is 1.45. The van der Waals surface area contributed by atoms with Crippen LogP contribution in [0.25, 0.3) is 0 Å². The van der Waals surface area contributed by atoms with Crippen LogP contribution >= 0.6 is 0 Å². The molecule has 1 aliphatic heterocycles. The Morgan fingerprint density at radius 2 is 2.06 bits per heavy atom. The second kappa shape index (κ2) is 4.69. The van der Waals surface area contributed by atoms with Crippen LogP contribution in [0.1, 0.15) is 34.6 Å². The third-order valence-corrected chi connectivity index (χ3v) is 2.18. The zero-order valence-electron chi connectivity index (χ0n) is 10.5. The van der Waals surface area contributed by atoms with E-state index in [1.165, 1.54) is 0 Å². The summed E-state index contributed by atoms with van der Waals surface area (Å²) in [5.74, 6) is -0.389. The molecular formula is C11H20O5. The normalized spacial score (nSPS) is 26.3. The molecule has 0 radical (unpaired) electrons. The van der Waals surface area contributed by atoms with Gasteiger partial charge in [-0.15, -0.1) is 0 Å². The zero-order valence-corrected chi connectivity index (χ0v) is 10.5. The fourth-order valence-corrected chi connectivity index (χ4v) is 1.14. The molecular weight excluding hydrogens is 212 g/mol. The van der Waals surface area contributed by atoms with Crippen molar-refractivity contribution in [3.8, 4) is 0 Å². The third kappa shape index (κ3) is 3.17. The number of ether oxygens (including phenoxy) is 2. The molecule has 1 rings (SSSR count). The molecule has 2 atom stereocenters. The fraction of sp³-hybridized carbons (Fsp3) is 0.909. The molecule has 94 valence electrons. The first-order valence-electron chi connectivity index (χ1n) is 5.47. The lowest BCUT2D eigenvalue weighted by Gasteiger charge is -2.23. The Morgan fingerprint density at radius 3 is 2.44 bits per heavy atom. The van der Waals surface area contributed by atoms with Crippen LogP contribution < -0.4 is 0 Å². The zero-order chi connectivity index (χ0) is 12.4. The van der Waals surface area contributed by atoms with Gasteiger partial charge in [0.05, 0.1) is 18.8 Å². The van der Waals surface area contributed by atoms with Crippen molar-refractivity contribution in [1.82, 2.24) is 0 Å². The van der Waals surface area contributed by atoms with Gasteiger partial charge in [0.25, 0.3) is 0 Å². The van der Waals surface area contributed by atoms with Gasteiger partial charge in [-0.1, -0.05) is 0 Å². The SMILES string of the molecule is CCOC(=O)C1(C(C)OOC(C)(C)C)CO1. The van der Waals surface area contributed by atoms with E-state index in [1.54, 1.807) is 13.8 Å². The van der Waals surface area contributed by atoms with E-state index in [-0.39, 0.29) is 5.97 Å². The molecule has 0 N–H and O–H groups in total. The molecule has 0 bridgehead atoms. The molecule has 5 heteroatoms. The Hall–Kier alpha value is -0.650. The second-order valence-electron chi connectivity index (χ2n) is 4.83. The lowest BCUT2D eigenvalue weighted by molar-refractivity contribution is -0.376. The molecule has 0 aliphatic carbocycles. The van der Waals surface area contributed by atoms with Gasteiger partial charge in [0.15, 0.2) is 0 Å². The first kappa shape index (κ1) is 13.4. The van der Waals surface area contributed by atoms with E-state index < -0.39 is 17.3 Å². The van der Waals surface area contributed by atoms with Gasteiger partial charge >= 0.3 is 5.97 Å². The number of carbonyl (C=O) groups excluding carboxylic acids is 1. The van der Waals surface area contributed by atoms with Crippen LogP contribution in [0.3, 0.4) is 0 Å². The van der Waals surface area contributed by atoms with E-state index >= 15 is 0 Å². The summed E-state index contributed by atoms with van der Waals surface area (Å²) in [5.41, 5.74) is -1.39. The summed E-state index contributed by atoms with van der Waals surface area (Å²) >= 11 is 0. The summed E-state index contributed by atoms with van der Waals surface area (Å²) in [6.07, 6.45) is -0.481. The molecule has 1 aliphatic rings. The van der Waals surface area contributed by atoms with Crippen LogP contribution in [0.4, 0.5) is 0 Å². The van der Waals surface area contributed by atoms with Crippen LogP contribution in [0.2, 0.25) is 0 Å². The Morgan fingerprint density at radius 1 is 1.50 bits per heavy atom. The quantitative estimate of drug-likeness (QED) is 0.311. The van der Waals surface area contributed by atoms with Gasteiger partial charge < -0.3 is 9.47 Å². The molecule has 0 amide bonds.